The third-order valence-electron chi connectivity index (χ3n) is 0. The summed E-state index contributed by atoms with van der Waals surface area (Å²) in [6, 6.07) is 0. The van der Waals surface area contributed by atoms with Crippen molar-refractivity contribution in [3.05, 3.63) is 0 Å². The van der Waals surface area contributed by atoms with Gasteiger partial charge in [0.25, 0.3) is 0 Å². The van der Waals surface area contributed by atoms with E-state index < -0.39 is 0 Å². The van der Waals surface area contributed by atoms with Gasteiger partial charge in [-0.2, -0.15) is 0 Å². The Morgan fingerprint density at radius 3 is 0.429 bits per heavy atom. The summed E-state index contributed by atoms with van der Waals surface area (Å²) in [5.74, 6) is 0. The van der Waals surface area contributed by atoms with Crippen LogP contribution >= 0.6 is 0 Å². The van der Waals surface area contributed by atoms with Crippen LogP contribution in [0.2, 0.25) is 0 Å². The fourth-order valence-corrected chi connectivity index (χ4v) is 0. The summed E-state index contributed by atoms with van der Waals surface area (Å²) >= 11 is 0. The van der Waals surface area contributed by atoms with E-state index in [0.29, 0.717) is 0 Å². The van der Waals surface area contributed by atoms with Crippen molar-refractivity contribution in [3.63, 3.8) is 0 Å². The fourth-order valence-electron chi connectivity index (χ4n) is 0. The second kappa shape index (κ2) is 52.0. The first-order chi connectivity index (χ1) is 0. The molecule has 0 spiro atoms. The SMILES string of the molecule is [Ga+3].[Ga+3].[Nd].[Nd].[O-2].[O-2].[O-2]. The van der Waals surface area contributed by atoms with Gasteiger partial charge in [0.2, 0.25) is 0 Å². The van der Waals surface area contributed by atoms with Crippen LogP contribution in [0.4, 0.5) is 0 Å². The van der Waals surface area contributed by atoms with Crippen LogP contribution in [-0.4, -0.2) is 39.6 Å². The van der Waals surface area contributed by atoms with Gasteiger partial charge in [0.1, 0.15) is 0 Å². The van der Waals surface area contributed by atoms with Crippen LogP contribution in [0.25, 0.3) is 0 Å². The van der Waals surface area contributed by atoms with Gasteiger partial charge in [0.15, 0.2) is 0 Å². The average molecular weight is 476 g/mol. The molecule has 0 aliphatic carbocycles. The van der Waals surface area contributed by atoms with Crippen molar-refractivity contribution in [2.75, 3.05) is 0 Å². The molecule has 7 heavy (non-hydrogen) atoms. The monoisotopic (exact) mass is 470 g/mol. The smallest absolute Gasteiger partial charge is 2.00 e. The van der Waals surface area contributed by atoms with E-state index in [9.17, 15) is 0 Å². The molecule has 0 aliphatic rings. The Bertz CT molecular complexity index is 10.9. The van der Waals surface area contributed by atoms with E-state index in [2.05, 4.69) is 0 Å². The summed E-state index contributed by atoms with van der Waals surface area (Å²) in [7, 11) is 0. The normalized spacial score (nSPS) is 0. The summed E-state index contributed by atoms with van der Waals surface area (Å²) in [5, 5.41) is 0. The van der Waals surface area contributed by atoms with E-state index in [0.717, 1.165) is 0 Å². The molecule has 0 radical (unpaired) electrons. The van der Waals surface area contributed by atoms with Gasteiger partial charge in [0.05, 0.1) is 0 Å². The molecule has 0 aromatic rings. The van der Waals surface area contributed by atoms with Gasteiger partial charge in [-0.05, 0) is 0 Å². The van der Waals surface area contributed by atoms with Crippen molar-refractivity contribution in [1.29, 1.82) is 0 Å². The molecule has 0 amide bonds. The standard InChI is InChI=1S/2Ga.2Nd.3O/q2*+3;;;3*-2. The summed E-state index contributed by atoms with van der Waals surface area (Å²) < 4.78 is 0. The molecule has 32 valence electrons. The van der Waals surface area contributed by atoms with Crippen LogP contribution < -0.4 is 0 Å². The van der Waals surface area contributed by atoms with Gasteiger partial charge in [0, 0.05) is 81.7 Å². The zero-order chi connectivity index (χ0) is 0. The third kappa shape index (κ3) is 40.9. The predicted octanol–water partition coefficient (Wildman–Crippen LogP) is -1.12. The third-order valence-corrected chi connectivity index (χ3v) is 0. The van der Waals surface area contributed by atoms with E-state index >= 15 is 0 Å². The zero-order valence-electron chi connectivity index (χ0n) is 3.38. The van der Waals surface area contributed by atoms with E-state index in [1.807, 2.05) is 0 Å². The number of hydrogen-bond donors (Lipinski definition) is 0. The summed E-state index contributed by atoms with van der Waals surface area (Å²) in [6.45, 7) is 0. The molecule has 0 rings (SSSR count). The van der Waals surface area contributed by atoms with Gasteiger partial charge in [-0.1, -0.05) is 0 Å². The molecular formula is Ga2Nd2O3. The molecular weight excluding hydrogens is 476 g/mol. The second-order valence-corrected chi connectivity index (χ2v) is 0. The molecule has 0 atom stereocenters. The maximum absolute atomic E-state index is 0. The first kappa shape index (κ1) is 71.0. The zero-order valence-corrected chi connectivity index (χ0v) is 14.6. The Kier molecular flexibility index (Phi) is 527. The van der Waals surface area contributed by atoms with E-state index in [-0.39, 0.29) is 138 Å². The molecule has 0 unspecified atom stereocenters. The van der Waals surface area contributed by atoms with Gasteiger partial charge < -0.3 is 16.4 Å². The molecule has 3 nitrogen and oxygen atoms in total. The molecule has 0 N–H and O–H groups in total. The van der Waals surface area contributed by atoms with E-state index in [4.69, 9.17) is 0 Å². The molecule has 0 saturated heterocycles. The first-order valence-electron chi connectivity index (χ1n) is 0. The quantitative estimate of drug-likeness (QED) is 0.398. The van der Waals surface area contributed by atoms with Crippen molar-refractivity contribution in [2.24, 2.45) is 0 Å². The van der Waals surface area contributed by atoms with Crippen molar-refractivity contribution < 1.29 is 98.1 Å². The minimum atomic E-state index is 0. The molecule has 0 aliphatic heterocycles. The Morgan fingerprint density at radius 2 is 0.429 bits per heavy atom. The molecule has 7 heteroatoms. The van der Waals surface area contributed by atoms with E-state index in [1.165, 1.54) is 0 Å². The van der Waals surface area contributed by atoms with Gasteiger partial charge in [-0.25, -0.2) is 0 Å². The molecule has 0 aromatic carbocycles. The van der Waals surface area contributed by atoms with Crippen LogP contribution in [0.3, 0.4) is 0 Å². The van der Waals surface area contributed by atoms with Crippen LogP contribution in [0.1, 0.15) is 0 Å². The Hall–Kier alpha value is 3.85. The molecule has 0 aromatic heterocycles. The Morgan fingerprint density at radius 1 is 0.429 bits per heavy atom. The van der Waals surface area contributed by atoms with Gasteiger partial charge in [-0.15, -0.1) is 0 Å². The van der Waals surface area contributed by atoms with Crippen LogP contribution in [0.15, 0.2) is 0 Å². The van der Waals surface area contributed by atoms with Crippen molar-refractivity contribution >= 4 is 39.6 Å². The van der Waals surface area contributed by atoms with Crippen molar-refractivity contribution in [1.82, 2.24) is 0 Å². The predicted molar refractivity (Wildman–Crippen MR) is 13.6 cm³/mol. The topological polar surface area (TPSA) is 85.5 Å². The maximum atomic E-state index is 0. The van der Waals surface area contributed by atoms with Gasteiger partial charge >= 0.3 is 39.6 Å². The maximum Gasteiger partial charge on any atom is 3.00 e. The van der Waals surface area contributed by atoms with Crippen molar-refractivity contribution in [3.8, 4) is 0 Å². The fraction of sp³-hybridized carbons (Fsp3) is 0. The Labute approximate surface area is 134 Å². The van der Waals surface area contributed by atoms with Crippen LogP contribution in [0.5, 0.6) is 0 Å². The van der Waals surface area contributed by atoms with E-state index in [1.54, 1.807) is 0 Å². The summed E-state index contributed by atoms with van der Waals surface area (Å²) in [5.41, 5.74) is 0. The minimum absolute atomic E-state index is 0. The molecule has 0 bridgehead atoms. The molecule has 0 fully saturated rings. The second-order valence-electron chi connectivity index (χ2n) is 0. The van der Waals surface area contributed by atoms with Gasteiger partial charge in [-0.3, -0.25) is 0 Å². The van der Waals surface area contributed by atoms with Crippen LogP contribution in [0, 0.1) is 81.7 Å². The number of hydrogen-bond acceptors (Lipinski definition) is 0. The van der Waals surface area contributed by atoms with Crippen LogP contribution in [-0.2, 0) is 16.4 Å². The Balaban J connectivity index is 0. The number of rotatable bonds is 0. The first-order valence-corrected chi connectivity index (χ1v) is 0. The molecule has 0 heterocycles. The average Bonchev–Trinajstić information content (AvgIpc) is 0. The summed E-state index contributed by atoms with van der Waals surface area (Å²) in [4.78, 5) is 0. The molecule has 0 saturated carbocycles. The van der Waals surface area contributed by atoms with Crippen molar-refractivity contribution in [2.45, 2.75) is 0 Å². The minimum Gasteiger partial charge on any atom is -2.00 e. The summed E-state index contributed by atoms with van der Waals surface area (Å²) in [6.07, 6.45) is 0. The largest absolute Gasteiger partial charge is 3.00 e.